The van der Waals surface area contributed by atoms with Crippen LogP contribution >= 0.6 is 24.8 Å². The van der Waals surface area contributed by atoms with Gasteiger partial charge in [-0.15, -0.1) is 48.2 Å². The first-order chi connectivity index (χ1) is 12.8. The maximum Gasteiger partial charge on any atom is 2.00 e. The van der Waals surface area contributed by atoms with Crippen LogP contribution in [-0.2, 0) is 21.7 Å². The van der Waals surface area contributed by atoms with E-state index in [1.807, 2.05) is 26.0 Å². The van der Waals surface area contributed by atoms with Gasteiger partial charge in [0.15, 0.2) is 0 Å². The summed E-state index contributed by atoms with van der Waals surface area (Å²) in [7, 11) is 0. The molecule has 0 atom stereocenters. The van der Waals surface area contributed by atoms with E-state index in [0.717, 1.165) is 24.0 Å². The second-order valence-corrected chi connectivity index (χ2v) is 7.66. The quantitative estimate of drug-likeness (QED) is 0.309. The monoisotopic (exact) mass is 479 g/mol. The first-order valence-corrected chi connectivity index (χ1v) is 9.84. The Bertz CT molecular complexity index is 875. The van der Waals surface area contributed by atoms with E-state index in [1.54, 1.807) is 0 Å². The third-order valence-electron chi connectivity index (χ3n) is 5.48. The first-order valence-electron chi connectivity index (χ1n) is 9.84. The molecule has 0 saturated heterocycles. The van der Waals surface area contributed by atoms with Crippen LogP contribution in [0, 0.1) is 27.2 Å². The van der Waals surface area contributed by atoms with Gasteiger partial charge in [0.2, 0.25) is 0 Å². The second-order valence-electron chi connectivity index (χ2n) is 7.66. The molecule has 3 rings (SSSR count). The topological polar surface area (TPSA) is 23.8 Å². The third kappa shape index (κ3) is 7.54. The van der Waals surface area contributed by atoms with Crippen molar-refractivity contribution in [1.29, 1.82) is 0 Å². The first kappa shape index (κ1) is 31.1. The number of hydrogen-bond acceptors (Lipinski definition) is 0. The Morgan fingerprint density at radius 3 is 1.87 bits per heavy atom. The molecule has 0 amide bonds. The van der Waals surface area contributed by atoms with E-state index in [0.29, 0.717) is 5.69 Å². The molecule has 0 spiro atoms. The van der Waals surface area contributed by atoms with Gasteiger partial charge in [-0.1, -0.05) is 65.0 Å². The van der Waals surface area contributed by atoms with Gasteiger partial charge in [-0.2, -0.15) is 18.1 Å². The molecule has 1 N–H and O–H groups in total. The zero-order chi connectivity index (χ0) is 20.1. The fourth-order valence-corrected chi connectivity index (χ4v) is 3.72. The molecule has 1 nitrogen and oxygen atoms in total. The Kier molecular flexibility index (Phi) is 14.5. The molecule has 0 bridgehead atoms. The molecule has 0 fully saturated rings. The molecule has 2 aromatic rings. The summed E-state index contributed by atoms with van der Waals surface area (Å²) in [4.78, 5) is 0. The molecular weight excluding hydrogens is 445 g/mol. The maximum absolute atomic E-state index is 7.54. The molecule has 0 aromatic heterocycles. The molecular formula is C26H35Cl2NTi. The van der Waals surface area contributed by atoms with Crippen LogP contribution < -0.4 is 0 Å². The molecule has 162 valence electrons. The SMILES string of the molecule is CC[CH-]c1ccccc1C1=C(C)C(C)=C(C)C1.Cc1cc(C)c([NH-])c(C)c1.Cl.Cl.[Ti+2]. The minimum atomic E-state index is 0. The fraction of sp³-hybridized carbons (Fsp3) is 0.346. The van der Waals surface area contributed by atoms with E-state index in [4.69, 9.17) is 5.73 Å². The van der Waals surface area contributed by atoms with Crippen molar-refractivity contribution in [2.75, 3.05) is 0 Å². The van der Waals surface area contributed by atoms with Crippen molar-refractivity contribution in [2.45, 2.75) is 61.3 Å². The molecule has 30 heavy (non-hydrogen) atoms. The number of hydrogen-bond donors (Lipinski definition) is 0. The van der Waals surface area contributed by atoms with E-state index >= 15 is 0 Å². The van der Waals surface area contributed by atoms with E-state index in [2.05, 4.69) is 65.3 Å². The van der Waals surface area contributed by atoms with E-state index in [1.165, 1.54) is 39.0 Å². The van der Waals surface area contributed by atoms with Gasteiger partial charge in [-0.3, -0.25) is 0 Å². The van der Waals surface area contributed by atoms with Crippen molar-refractivity contribution in [3.8, 4) is 0 Å². The standard InChI is InChI=1S/C17H21.C9H12N.2ClH.Ti/c1-5-8-15-9-6-7-10-16(15)17-11-12(2)13(3)14(17)4;1-6-4-7(2)9(10)8(3)5-6;;;/h6-10H,5,11H2,1-4H3;4-5,10H,1-3H3;2*1H;/q2*-1;;;+2. The van der Waals surface area contributed by atoms with Crippen molar-refractivity contribution in [2.24, 2.45) is 0 Å². The van der Waals surface area contributed by atoms with Gasteiger partial charge < -0.3 is 5.73 Å². The van der Waals surface area contributed by atoms with Crippen molar-refractivity contribution in [1.82, 2.24) is 0 Å². The number of nitrogens with one attached hydrogen (secondary N) is 1. The zero-order valence-corrected chi connectivity index (χ0v) is 22.5. The molecule has 4 heteroatoms. The smallest absolute Gasteiger partial charge is 0.698 e. The molecule has 1 aliphatic carbocycles. The summed E-state index contributed by atoms with van der Waals surface area (Å²) < 4.78 is 0. The van der Waals surface area contributed by atoms with Gasteiger partial charge in [0.25, 0.3) is 0 Å². The van der Waals surface area contributed by atoms with Crippen LogP contribution in [0.15, 0.2) is 53.1 Å². The Morgan fingerprint density at radius 1 is 0.867 bits per heavy atom. The van der Waals surface area contributed by atoms with Crippen LogP contribution in [0.5, 0.6) is 0 Å². The summed E-state index contributed by atoms with van der Waals surface area (Å²) in [6.07, 6.45) is 4.53. The normalized spacial score (nSPS) is 12.2. The van der Waals surface area contributed by atoms with Gasteiger partial charge in [0.05, 0.1) is 0 Å². The van der Waals surface area contributed by atoms with Crippen molar-refractivity contribution in [3.05, 3.63) is 93.1 Å². The summed E-state index contributed by atoms with van der Waals surface area (Å²) in [6.45, 7) is 14.9. The van der Waals surface area contributed by atoms with Crippen LogP contribution in [0.4, 0.5) is 5.69 Å². The van der Waals surface area contributed by atoms with Crippen LogP contribution in [0.1, 0.15) is 68.4 Å². The van der Waals surface area contributed by atoms with Crippen molar-refractivity contribution >= 4 is 36.1 Å². The largest absolute Gasteiger partial charge is 2.00 e. The van der Waals surface area contributed by atoms with Gasteiger partial charge in [0.1, 0.15) is 0 Å². The predicted molar refractivity (Wildman–Crippen MR) is 135 cm³/mol. The third-order valence-corrected chi connectivity index (χ3v) is 5.48. The Hall–Kier alpha value is -1.12. The van der Waals surface area contributed by atoms with Gasteiger partial charge in [-0.05, 0) is 53.5 Å². The number of aryl methyl sites for hydroxylation is 3. The second kappa shape index (κ2) is 14.0. The molecule has 0 radical (unpaired) electrons. The Labute approximate surface area is 211 Å². The van der Waals surface area contributed by atoms with Crippen molar-refractivity contribution in [3.63, 3.8) is 0 Å². The van der Waals surface area contributed by atoms with E-state index < -0.39 is 0 Å². The minimum Gasteiger partial charge on any atom is -0.698 e. The molecule has 0 unspecified atom stereocenters. The predicted octanol–water partition coefficient (Wildman–Crippen LogP) is 9.30. The molecule has 0 saturated carbocycles. The zero-order valence-electron chi connectivity index (χ0n) is 19.3. The van der Waals surface area contributed by atoms with Gasteiger partial charge in [0, 0.05) is 0 Å². The van der Waals surface area contributed by atoms with Gasteiger partial charge in [-0.25, -0.2) is 0 Å². The van der Waals surface area contributed by atoms with Crippen LogP contribution in [-0.4, -0.2) is 0 Å². The summed E-state index contributed by atoms with van der Waals surface area (Å²) in [6, 6.07) is 12.8. The summed E-state index contributed by atoms with van der Waals surface area (Å²) >= 11 is 0. The summed E-state index contributed by atoms with van der Waals surface area (Å²) in [5.74, 6) is 0. The molecule has 0 aliphatic heterocycles. The van der Waals surface area contributed by atoms with Crippen LogP contribution in [0.25, 0.3) is 11.3 Å². The Morgan fingerprint density at radius 2 is 1.40 bits per heavy atom. The number of halogens is 2. The number of allylic oxidation sites excluding steroid dienone is 4. The van der Waals surface area contributed by atoms with E-state index in [9.17, 15) is 0 Å². The van der Waals surface area contributed by atoms with Crippen LogP contribution in [0.3, 0.4) is 0 Å². The average Bonchev–Trinajstić information content (AvgIpc) is 2.88. The molecule has 1 aliphatic rings. The summed E-state index contributed by atoms with van der Waals surface area (Å²) in [5, 5.41) is 0. The molecule has 0 heterocycles. The van der Waals surface area contributed by atoms with E-state index in [-0.39, 0.29) is 46.5 Å². The molecule has 2 aromatic carbocycles. The minimum absolute atomic E-state index is 0. The van der Waals surface area contributed by atoms with Gasteiger partial charge >= 0.3 is 21.7 Å². The maximum atomic E-state index is 7.54. The number of benzene rings is 2. The number of rotatable bonds is 3. The van der Waals surface area contributed by atoms with Crippen molar-refractivity contribution < 1.29 is 21.7 Å². The fourth-order valence-electron chi connectivity index (χ4n) is 3.72. The van der Waals surface area contributed by atoms with Crippen LogP contribution in [0.2, 0.25) is 0 Å². The summed E-state index contributed by atoms with van der Waals surface area (Å²) in [5.41, 5.74) is 20.4. The average molecular weight is 480 g/mol. The Balaban J connectivity index is 0.